The van der Waals surface area contributed by atoms with E-state index in [4.69, 9.17) is 11.6 Å². The molecule has 1 unspecified atom stereocenters. The van der Waals surface area contributed by atoms with Gasteiger partial charge in [-0.1, -0.05) is 48.0 Å². The summed E-state index contributed by atoms with van der Waals surface area (Å²) in [5, 5.41) is 5.93. The van der Waals surface area contributed by atoms with Crippen LogP contribution in [0.4, 0.5) is 0 Å². The van der Waals surface area contributed by atoms with Crippen molar-refractivity contribution in [1.82, 2.24) is 4.98 Å². The van der Waals surface area contributed by atoms with Gasteiger partial charge in [-0.2, -0.15) is 0 Å². The molecule has 1 aromatic heterocycles. The summed E-state index contributed by atoms with van der Waals surface area (Å²) < 4.78 is 0. The number of aryl methyl sites for hydroxylation is 1. The van der Waals surface area contributed by atoms with Gasteiger partial charge in [0.1, 0.15) is 0 Å². The Labute approximate surface area is 152 Å². The van der Waals surface area contributed by atoms with Gasteiger partial charge in [-0.25, -0.2) is 0 Å². The van der Waals surface area contributed by atoms with Gasteiger partial charge in [-0.05, 0) is 76.2 Å². The number of rotatable bonds is 1. The molecule has 1 aliphatic rings. The summed E-state index contributed by atoms with van der Waals surface area (Å²) in [4.78, 5) is 4.15. The van der Waals surface area contributed by atoms with Crippen LogP contribution in [0.25, 0.3) is 21.5 Å². The number of nitrogens with zero attached hydrogens (tertiary/aromatic N) is 1. The highest BCUT2D eigenvalue weighted by Gasteiger charge is 2.22. The third kappa shape index (κ3) is 2.42. The molecular weight excluding hydrogens is 326 g/mol. The van der Waals surface area contributed by atoms with E-state index in [0.29, 0.717) is 5.92 Å². The molecule has 0 spiro atoms. The van der Waals surface area contributed by atoms with Crippen molar-refractivity contribution in [2.75, 3.05) is 0 Å². The standard InChI is InChI=1S/C23H18ClN/c24-23-3-1-2-19-21-7-5-17-14-16(15-10-12-25-13-11-15)4-6-18(17)20(21)8-9-22(19)23/h1-3,5,7-13,16H,4,6,14H2. The van der Waals surface area contributed by atoms with E-state index in [-0.39, 0.29) is 0 Å². The molecule has 0 fully saturated rings. The van der Waals surface area contributed by atoms with E-state index in [1.807, 2.05) is 24.5 Å². The average molecular weight is 344 g/mol. The Morgan fingerprint density at radius 3 is 2.44 bits per heavy atom. The molecule has 1 nitrogen and oxygen atoms in total. The number of hydrogen-bond donors (Lipinski definition) is 0. The van der Waals surface area contributed by atoms with Crippen molar-refractivity contribution in [2.24, 2.45) is 0 Å². The Morgan fingerprint density at radius 2 is 1.56 bits per heavy atom. The Kier molecular flexibility index (Phi) is 3.50. The number of fused-ring (bicyclic) bond motifs is 5. The van der Waals surface area contributed by atoms with Crippen LogP contribution in [-0.4, -0.2) is 4.98 Å². The summed E-state index contributed by atoms with van der Waals surface area (Å²) in [6.07, 6.45) is 7.25. The molecule has 0 N–H and O–H groups in total. The monoisotopic (exact) mass is 343 g/mol. The van der Waals surface area contributed by atoms with Gasteiger partial charge in [0, 0.05) is 22.8 Å². The summed E-state index contributed by atoms with van der Waals surface area (Å²) in [5.74, 6) is 0.600. The first kappa shape index (κ1) is 14.9. The summed E-state index contributed by atoms with van der Waals surface area (Å²) in [7, 11) is 0. The minimum atomic E-state index is 0.600. The predicted octanol–water partition coefficient (Wildman–Crippen LogP) is 6.31. The highest BCUT2D eigenvalue weighted by Crippen LogP contribution is 2.38. The number of halogens is 1. The molecule has 0 radical (unpaired) electrons. The maximum Gasteiger partial charge on any atom is 0.0484 e. The first-order valence-corrected chi connectivity index (χ1v) is 9.21. The van der Waals surface area contributed by atoms with Crippen LogP contribution in [-0.2, 0) is 12.8 Å². The van der Waals surface area contributed by atoms with E-state index in [1.165, 1.54) is 39.3 Å². The zero-order chi connectivity index (χ0) is 16.8. The van der Waals surface area contributed by atoms with Crippen LogP contribution in [0, 0.1) is 0 Å². The fourth-order valence-corrected chi connectivity index (χ4v) is 4.57. The SMILES string of the molecule is Clc1cccc2c1ccc1c3c(ccc12)CC(c1ccncc1)CC3. The van der Waals surface area contributed by atoms with E-state index in [1.54, 1.807) is 0 Å². The molecule has 122 valence electrons. The van der Waals surface area contributed by atoms with E-state index < -0.39 is 0 Å². The minimum Gasteiger partial charge on any atom is -0.265 e. The molecule has 1 aliphatic carbocycles. The van der Waals surface area contributed by atoms with Gasteiger partial charge in [-0.15, -0.1) is 0 Å². The van der Waals surface area contributed by atoms with E-state index in [0.717, 1.165) is 23.3 Å². The molecule has 1 atom stereocenters. The first-order chi connectivity index (χ1) is 12.3. The fraction of sp³-hybridized carbons (Fsp3) is 0.174. The van der Waals surface area contributed by atoms with Gasteiger partial charge in [0.2, 0.25) is 0 Å². The Hall–Kier alpha value is -2.38. The van der Waals surface area contributed by atoms with Gasteiger partial charge < -0.3 is 0 Å². The van der Waals surface area contributed by atoms with Crippen LogP contribution >= 0.6 is 11.6 Å². The lowest BCUT2D eigenvalue weighted by molar-refractivity contribution is 0.587. The quantitative estimate of drug-likeness (QED) is 0.369. The molecule has 4 aromatic rings. The van der Waals surface area contributed by atoms with Crippen molar-refractivity contribution in [1.29, 1.82) is 0 Å². The van der Waals surface area contributed by atoms with E-state index >= 15 is 0 Å². The Bertz CT molecular complexity index is 1090. The molecule has 0 bridgehead atoms. The van der Waals surface area contributed by atoms with Gasteiger partial charge in [0.25, 0.3) is 0 Å². The van der Waals surface area contributed by atoms with Crippen molar-refractivity contribution in [3.8, 4) is 0 Å². The van der Waals surface area contributed by atoms with Crippen molar-refractivity contribution in [3.63, 3.8) is 0 Å². The zero-order valence-electron chi connectivity index (χ0n) is 13.9. The molecule has 0 amide bonds. The van der Waals surface area contributed by atoms with Crippen molar-refractivity contribution >= 4 is 33.1 Å². The molecular formula is C23H18ClN. The summed E-state index contributed by atoms with van der Waals surface area (Å²) in [6, 6.07) is 19.5. The van der Waals surface area contributed by atoms with E-state index in [9.17, 15) is 0 Å². The summed E-state index contributed by atoms with van der Waals surface area (Å²) in [5.41, 5.74) is 4.41. The molecule has 25 heavy (non-hydrogen) atoms. The topological polar surface area (TPSA) is 12.9 Å². The smallest absolute Gasteiger partial charge is 0.0484 e. The summed E-state index contributed by atoms with van der Waals surface area (Å²) >= 11 is 6.38. The van der Waals surface area contributed by atoms with Crippen LogP contribution in [0.3, 0.4) is 0 Å². The second kappa shape index (κ2) is 5.86. The molecule has 5 rings (SSSR count). The number of benzene rings is 3. The number of pyridine rings is 1. The zero-order valence-corrected chi connectivity index (χ0v) is 14.6. The first-order valence-electron chi connectivity index (χ1n) is 8.83. The Morgan fingerprint density at radius 1 is 0.800 bits per heavy atom. The highest BCUT2D eigenvalue weighted by molar-refractivity contribution is 6.36. The molecule has 1 heterocycles. The van der Waals surface area contributed by atoms with Gasteiger partial charge in [0.15, 0.2) is 0 Å². The molecule has 0 saturated heterocycles. The molecule has 3 aromatic carbocycles. The average Bonchev–Trinajstić information content (AvgIpc) is 2.68. The van der Waals surface area contributed by atoms with Crippen LogP contribution in [0.15, 0.2) is 67.0 Å². The lowest BCUT2D eigenvalue weighted by atomic mass is 9.78. The van der Waals surface area contributed by atoms with Gasteiger partial charge >= 0.3 is 0 Å². The van der Waals surface area contributed by atoms with Crippen LogP contribution in [0.2, 0.25) is 5.02 Å². The van der Waals surface area contributed by atoms with Crippen LogP contribution < -0.4 is 0 Å². The minimum absolute atomic E-state index is 0.600. The Balaban J connectivity index is 1.64. The van der Waals surface area contributed by atoms with Crippen molar-refractivity contribution in [2.45, 2.75) is 25.2 Å². The third-order valence-electron chi connectivity index (χ3n) is 5.60. The van der Waals surface area contributed by atoms with Crippen molar-refractivity contribution in [3.05, 3.63) is 88.7 Å². The van der Waals surface area contributed by atoms with Gasteiger partial charge in [0.05, 0.1) is 0 Å². The maximum absolute atomic E-state index is 6.38. The molecule has 0 saturated carbocycles. The predicted molar refractivity (Wildman–Crippen MR) is 105 cm³/mol. The second-order valence-corrected chi connectivity index (χ2v) is 7.33. The summed E-state index contributed by atoms with van der Waals surface area (Å²) in [6.45, 7) is 0. The van der Waals surface area contributed by atoms with Gasteiger partial charge in [-0.3, -0.25) is 4.98 Å². The highest BCUT2D eigenvalue weighted by atomic mass is 35.5. The lowest BCUT2D eigenvalue weighted by Gasteiger charge is -2.26. The third-order valence-corrected chi connectivity index (χ3v) is 5.93. The molecule has 2 heteroatoms. The fourth-order valence-electron chi connectivity index (χ4n) is 4.34. The largest absolute Gasteiger partial charge is 0.265 e. The van der Waals surface area contributed by atoms with E-state index in [2.05, 4.69) is 47.4 Å². The number of aromatic nitrogens is 1. The maximum atomic E-state index is 6.38. The normalized spacial score (nSPS) is 16.9. The van der Waals surface area contributed by atoms with Crippen LogP contribution in [0.1, 0.15) is 29.0 Å². The second-order valence-electron chi connectivity index (χ2n) is 6.92. The lowest BCUT2D eigenvalue weighted by Crippen LogP contribution is -2.13. The van der Waals surface area contributed by atoms with Crippen LogP contribution in [0.5, 0.6) is 0 Å². The molecule has 0 aliphatic heterocycles. The van der Waals surface area contributed by atoms with Crippen molar-refractivity contribution < 1.29 is 0 Å². The number of hydrogen-bond acceptors (Lipinski definition) is 1.